The Kier molecular flexibility index (Phi) is 8.43. The van der Waals surface area contributed by atoms with Crippen molar-refractivity contribution >= 4 is 6.08 Å². The molecule has 1 aromatic rings. The highest BCUT2D eigenvalue weighted by Crippen LogP contribution is 2.41. The van der Waals surface area contributed by atoms with Gasteiger partial charge in [-0.2, -0.15) is 13.2 Å². The summed E-state index contributed by atoms with van der Waals surface area (Å²) in [5.41, 5.74) is -1.45. The van der Waals surface area contributed by atoms with Gasteiger partial charge in [0.05, 0.1) is 19.3 Å². The van der Waals surface area contributed by atoms with Crippen LogP contribution in [0.25, 0.3) is 6.08 Å². The van der Waals surface area contributed by atoms with Crippen molar-refractivity contribution in [3.8, 4) is 5.75 Å². The summed E-state index contributed by atoms with van der Waals surface area (Å²) < 4.78 is 65.5. The van der Waals surface area contributed by atoms with Crippen LogP contribution in [-0.2, 0) is 10.9 Å². The van der Waals surface area contributed by atoms with E-state index in [1.54, 1.807) is 13.0 Å². The lowest BCUT2D eigenvalue weighted by Crippen LogP contribution is -2.31. The Bertz CT molecular complexity index is 728. The second kappa shape index (κ2) is 10.8. The van der Waals surface area contributed by atoms with E-state index >= 15 is 0 Å². The Morgan fingerprint density at radius 3 is 2.32 bits per heavy atom. The van der Waals surface area contributed by atoms with Crippen molar-refractivity contribution in [2.24, 2.45) is 17.8 Å². The van der Waals surface area contributed by atoms with Crippen molar-refractivity contribution in [1.82, 2.24) is 0 Å². The molecule has 1 saturated heterocycles. The van der Waals surface area contributed by atoms with E-state index in [4.69, 9.17) is 9.47 Å². The minimum atomic E-state index is -4.82. The lowest BCUT2D eigenvalue weighted by atomic mass is 9.73. The molecule has 0 bridgehead atoms. The number of ether oxygens (including phenoxy) is 2. The Morgan fingerprint density at radius 1 is 1.03 bits per heavy atom. The molecular weight excluding hydrogens is 408 g/mol. The molecule has 2 unspecified atom stereocenters. The van der Waals surface area contributed by atoms with E-state index in [1.807, 2.05) is 0 Å². The average Bonchev–Trinajstić information content (AvgIpc) is 2.74. The molecule has 0 N–H and O–H groups in total. The molecule has 1 heterocycles. The fourth-order valence-electron chi connectivity index (χ4n) is 5.13. The maximum absolute atomic E-state index is 14.6. The van der Waals surface area contributed by atoms with Gasteiger partial charge in [-0.15, -0.1) is 0 Å². The van der Waals surface area contributed by atoms with Crippen LogP contribution in [0.3, 0.4) is 0 Å². The summed E-state index contributed by atoms with van der Waals surface area (Å²) in [7, 11) is 0. The first-order chi connectivity index (χ1) is 14.8. The molecule has 174 valence electrons. The first-order valence-electron chi connectivity index (χ1n) is 11.7. The van der Waals surface area contributed by atoms with Gasteiger partial charge in [0.1, 0.15) is 17.1 Å². The van der Waals surface area contributed by atoms with Gasteiger partial charge in [-0.05, 0) is 62.5 Å². The van der Waals surface area contributed by atoms with Crippen molar-refractivity contribution in [3.05, 3.63) is 35.2 Å². The molecule has 0 spiro atoms. The summed E-state index contributed by atoms with van der Waals surface area (Å²) >= 11 is 0. The van der Waals surface area contributed by atoms with Crippen LogP contribution in [0.2, 0.25) is 0 Å². The van der Waals surface area contributed by atoms with Crippen LogP contribution in [0.15, 0.2) is 18.2 Å². The van der Waals surface area contributed by atoms with Gasteiger partial charge in [-0.25, -0.2) is 4.39 Å². The number of benzene rings is 1. The molecule has 0 radical (unpaired) electrons. The topological polar surface area (TPSA) is 18.5 Å². The van der Waals surface area contributed by atoms with E-state index in [-0.39, 0.29) is 18.3 Å². The van der Waals surface area contributed by atoms with Crippen molar-refractivity contribution in [2.75, 3.05) is 13.2 Å². The Morgan fingerprint density at radius 2 is 1.74 bits per heavy atom. The smallest absolute Gasteiger partial charge is 0.422 e. The van der Waals surface area contributed by atoms with Crippen molar-refractivity contribution in [3.63, 3.8) is 0 Å². The quantitative estimate of drug-likeness (QED) is 0.404. The molecule has 31 heavy (non-hydrogen) atoms. The van der Waals surface area contributed by atoms with Crippen LogP contribution < -0.4 is 4.74 Å². The summed E-state index contributed by atoms with van der Waals surface area (Å²) in [5, 5.41) is 0. The van der Waals surface area contributed by atoms with E-state index < -0.39 is 23.3 Å². The Hall–Kier alpha value is -1.56. The second-order valence-corrected chi connectivity index (χ2v) is 8.91. The van der Waals surface area contributed by atoms with Gasteiger partial charge in [0, 0.05) is 5.56 Å². The fourth-order valence-corrected chi connectivity index (χ4v) is 5.13. The molecule has 2 aliphatic rings. The van der Waals surface area contributed by atoms with Crippen LogP contribution in [0.5, 0.6) is 5.75 Å². The van der Waals surface area contributed by atoms with E-state index in [1.165, 1.54) is 56.7 Å². The molecule has 2 atom stereocenters. The number of hydrogen-bond acceptors (Lipinski definition) is 2. The first-order valence-corrected chi connectivity index (χ1v) is 11.7. The van der Waals surface area contributed by atoms with Crippen LogP contribution in [0, 0.1) is 23.6 Å². The summed E-state index contributed by atoms with van der Waals surface area (Å²) in [6, 6.07) is 2.51. The molecule has 2 fully saturated rings. The molecule has 1 aliphatic heterocycles. The van der Waals surface area contributed by atoms with Crippen LogP contribution in [0.1, 0.15) is 76.3 Å². The molecular formula is C25H34F4O2. The van der Waals surface area contributed by atoms with Gasteiger partial charge in [-0.3, -0.25) is 0 Å². The Balaban J connectivity index is 1.58. The summed E-state index contributed by atoms with van der Waals surface area (Å²) in [5.74, 6) is 0.386. The molecule has 3 rings (SSSR count). The van der Waals surface area contributed by atoms with Crippen LogP contribution >= 0.6 is 0 Å². The van der Waals surface area contributed by atoms with Gasteiger partial charge in [0.15, 0.2) is 0 Å². The molecule has 6 heteroatoms. The van der Waals surface area contributed by atoms with E-state index in [9.17, 15) is 17.6 Å². The number of rotatable bonds is 7. The normalized spacial score (nSPS) is 27.5. The lowest BCUT2D eigenvalue weighted by Gasteiger charge is -2.37. The molecule has 1 aliphatic carbocycles. The van der Waals surface area contributed by atoms with E-state index in [0.717, 1.165) is 24.7 Å². The van der Waals surface area contributed by atoms with Crippen LogP contribution in [0.4, 0.5) is 17.6 Å². The average molecular weight is 443 g/mol. The first kappa shape index (κ1) is 24.1. The highest BCUT2D eigenvalue weighted by atomic mass is 19.4. The van der Waals surface area contributed by atoms with Gasteiger partial charge in [-0.1, -0.05) is 44.8 Å². The molecule has 0 amide bonds. The Labute approximate surface area is 183 Å². The van der Waals surface area contributed by atoms with Crippen molar-refractivity contribution in [2.45, 2.75) is 77.5 Å². The maximum Gasteiger partial charge on any atom is 0.422 e. The highest BCUT2D eigenvalue weighted by Gasteiger charge is 2.39. The van der Waals surface area contributed by atoms with Gasteiger partial charge in [0.2, 0.25) is 0 Å². The largest absolute Gasteiger partial charge is 0.493 e. The van der Waals surface area contributed by atoms with Gasteiger partial charge < -0.3 is 9.47 Å². The van der Waals surface area contributed by atoms with Gasteiger partial charge >= 0.3 is 6.18 Å². The minimum absolute atomic E-state index is 0.0367. The SMILES string of the molecule is CCCC1CCC(C2CCC(/C=C/c3ccc(OCC)c(C(F)(F)F)c3F)OC2)CC1. The zero-order valence-electron chi connectivity index (χ0n) is 18.5. The van der Waals surface area contributed by atoms with Crippen LogP contribution in [-0.4, -0.2) is 19.3 Å². The van der Waals surface area contributed by atoms with Crippen molar-refractivity contribution < 1.29 is 27.0 Å². The predicted molar refractivity (Wildman–Crippen MR) is 114 cm³/mol. The zero-order valence-corrected chi connectivity index (χ0v) is 18.5. The minimum Gasteiger partial charge on any atom is -0.493 e. The fraction of sp³-hybridized carbons (Fsp3) is 0.680. The third kappa shape index (κ3) is 6.24. The van der Waals surface area contributed by atoms with Crippen molar-refractivity contribution in [1.29, 1.82) is 0 Å². The summed E-state index contributed by atoms with van der Waals surface area (Å²) in [4.78, 5) is 0. The number of hydrogen-bond donors (Lipinski definition) is 0. The zero-order chi connectivity index (χ0) is 22.4. The summed E-state index contributed by atoms with van der Waals surface area (Å²) in [6.07, 6.45) is 7.74. The van der Waals surface area contributed by atoms with Gasteiger partial charge in [0.25, 0.3) is 0 Å². The maximum atomic E-state index is 14.6. The van der Waals surface area contributed by atoms with E-state index in [2.05, 4.69) is 6.92 Å². The number of alkyl halides is 3. The molecule has 0 aromatic heterocycles. The highest BCUT2D eigenvalue weighted by molar-refractivity contribution is 5.55. The predicted octanol–water partition coefficient (Wildman–Crippen LogP) is 7.66. The lowest BCUT2D eigenvalue weighted by molar-refractivity contribution is -0.141. The number of halogens is 4. The third-order valence-corrected chi connectivity index (χ3v) is 6.81. The molecule has 1 aromatic carbocycles. The third-order valence-electron chi connectivity index (χ3n) is 6.81. The summed E-state index contributed by atoms with van der Waals surface area (Å²) in [6.45, 7) is 4.53. The molecule has 1 saturated carbocycles. The molecule has 2 nitrogen and oxygen atoms in total. The second-order valence-electron chi connectivity index (χ2n) is 8.91. The van der Waals surface area contributed by atoms with E-state index in [0.29, 0.717) is 12.5 Å². The standard InChI is InChI=1S/C25H34F4O2/c1-3-5-17-6-8-18(9-7-17)20-11-14-21(31-16-20)13-10-19-12-15-22(30-4-2)23(24(19)26)25(27,28)29/h10,12-13,15,17-18,20-21H,3-9,11,14,16H2,1-2H3/b13-10+. The monoisotopic (exact) mass is 442 g/mol.